The lowest BCUT2D eigenvalue weighted by Gasteiger charge is -2.35. The molecule has 1 N–H and O–H groups in total. The van der Waals surface area contributed by atoms with Crippen molar-refractivity contribution in [2.24, 2.45) is 7.05 Å². The Hall–Kier alpha value is -2.52. The average Bonchev–Trinajstić information content (AvgIpc) is 3.20. The fourth-order valence-corrected chi connectivity index (χ4v) is 3.58. The van der Waals surface area contributed by atoms with E-state index in [1.807, 2.05) is 17.7 Å². The van der Waals surface area contributed by atoms with Crippen LogP contribution < -0.4 is 5.32 Å². The molecule has 1 aliphatic rings. The zero-order valence-electron chi connectivity index (χ0n) is 15.5. The number of urea groups is 1. The van der Waals surface area contributed by atoms with Crippen LogP contribution in [0.2, 0.25) is 0 Å². The summed E-state index contributed by atoms with van der Waals surface area (Å²) >= 11 is 0. The van der Waals surface area contributed by atoms with Crippen LogP contribution in [-0.4, -0.2) is 36.8 Å². The molecule has 2 aromatic heterocycles. The third-order valence-corrected chi connectivity index (χ3v) is 4.93. The largest absolute Gasteiger partial charge is 0.435 e. The molecule has 1 atom stereocenters. The molecule has 27 heavy (non-hydrogen) atoms. The molecule has 1 unspecified atom stereocenters. The maximum atomic E-state index is 13.1. The Morgan fingerprint density at radius 3 is 2.74 bits per heavy atom. The van der Waals surface area contributed by atoms with Crippen LogP contribution in [0, 0.1) is 6.92 Å². The molecule has 1 aliphatic heterocycles. The summed E-state index contributed by atoms with van der Waals surface area (Å²) in [6.45, 7) is 4.56. The summed E-state index contributed by atoms with van der Waals surface area (Å²) in [5.41, 5.74) is -1.08. The van der Waals surface area contributed by atoms with E-state index >= 15 is 0 Å². The van der Waals surface area contributed by atoms with Gasteiger partial charge in [-0.05, 0) is 33.1 Å². The molecule has 7 nitrogen and oxygen atoms in total. The van der Waals surface area contributed by atoms with Crippen LogP contribution in [0.4, 0.5) is 23.8 Å². The van der Waals surface area contributed by atoms with Crippen molar-refractivity contribution in [3.63, 3.8) is 0 Å². The van der Waals surface area contributed by atoms with E-state index in [-0.39, 0.29) is 17.4 Å². The molecule has 3 rings (SSSR count). The first-order valence-corrected chi connectivity index (χ1v) is 8.93. The van der Waals surface area contributed by atoms with Gasteiger partial charge >= 0.3 is 12.2 Å². The molecule has 10 heteroatoms. The molecule has 2 amide bonds. The summed E-state index contributed by atoms with van der Waals surface area (Å²) in [5.74, 6) is 0.848. The summed E-state index contributed by atoms with van der Waals surface area (Å²) < 4.78 is 42.2. The van der Waals surface area contributed by atoms with Crippen LogP contribution in [-0.2, 0) is 19.8 Å². The topological polar surface area (TPSA) is 68.0 Å². The lowest BCUT2D eigenvalue weighted by Crippen LogP contribution is -2.42. The van der Waals surface area contributed by atoms with Crippen molar-refractivity contribution in [2.75, 3.05) is 11.9 Å². The number of hydrogen-bond donors (Lipinski definition) is 1. The average molecular weight is 384 g/mol. The predicted molar refractivity (Wildman–Crippen MR) is 93.2 cm³/mol. The standard InChI is InChI=1S/C17H23F3N6O/c1-4-25-10-8-21-15(25)12-7-5-6-9-26(12)16(27)22-14-11(2)13(17(18,19)20)23-24(14)3/h8,10,12H,4-7,9H2,1-3H3,(H,22,27). The van der Waals surface area contributed by atoms with Crippen molar-refractivity contribution < 1.29 is 18.0 Å². The number of halogens is 3. The molecular formula is C17H23F3N6O. The maximum absolute atomic E-state index is 13.1. The number of aryl methyl sites for hydroxylation is 2. The number of carbonyl (C=O) groups excluding carboxylic acids is 1. The Bertz CT molecular complexity index is 825. The molecule has 0 bridgehead atoms. The molecule has 2 aromatic rings. The number of rotatable bonds is 3. The summed E-state index contributed by atoms with van der Waals surface area (Å²) in [4.78, 5) is 18.9. The van der Waals surface area contributed by atoms with Gasteiger partial charge in [-0.15, -0.1) is 0 Å². The Morgan fingerprint density at radius 2 is 2.11 bits per heavy atom. The molecule has 0 radical (unpaired) electrons. The van der Waals surface area contributed by atoms with Crippen molar-refractivity contribution in [1.82, 2.24) is 24.2 Å². The second-order valence-corrected chi connectivity index (χ2v) is 6.65. The number of nitrogens with zero attached hydrogens (tertiary/aromatic N) is 5. The number of aromatic nitrogens is 4. The molecule has 148 valence electrons. The van der Waals surface area contributed by atoms with Gasteiger partial charge in [-0.1, -0.05) is 0 Å². The van der Waals surface area contributed by atoms with Gasteiger partial charge in [0.25, 0.3) is 0 Å². The van der Waals surface area contributed by atoms with Crippen molar-refractivity contribution in [3.8, 4) is 0 Å². The lowest BCUT2D eigenvalue weighted by molar-refractivity contribution is -0.141. The number of likely N-dealkylation sites (tertiary alicyclic amines) is 1. The molecule has 0 aromatic carbocycles. The van der Waals surface area contributed by atoms with Gasteiger partial charge < -0.3 is 9.47 Å². The molecule has 0 aliphatic carbocycles. The molecule has 1 saturated heterocycles. The minimum absolute atomic E-state index is 0.0514. The zero-order chi connectivity index (χ0) is 19.8. The van der Waals surface area contributed by atoms with Crippen LogP contribution >= 0.6 is 0 Å². The number of amides is 2. The highest BCUT2D eigenvalue weighted by Gasteiger charge is 2.38. The second-order valence-electron chi connectivity index (χ2n) is 6.65. The number of carbonyl (C=O) groups is 1. The van der Waals surface area contributed by atoms with E-state index in [4.69, 9.17) is 0 Å². The Balaban J connectivity index is 1.86. The van der Waals surface area contributed by atoms with E-state index in [0.29, 0.717) is 6.54 Å². The van der Waals surface area contributed by atoms with Gasteiger partial charge in [0, 0.05) is 38.1 Å². The van der Waals surface area contributed by atoms with Gasteiger partial charge in [-0.25, -0.2) is 9.78 Å². The van der Waals surface area contributed by atoms with Crippen LogP contribution in [0.1, 0.15) is 49.3 Å². The Kier molecular flexibility index (Phi) is 5.16. The fraction of sp³-hybridized carbons (Fsp3) is 0.588. The van der Waals surface area contributed by atoms with E-state index in [1.165, 1.54) is 14.0 Å². The summed E-state index contributed by atoms with van der Waals surface area (Å²) in [5, 5.41) is 6.14. The third kappa shape index (κ3) is 3.65. The number of imidazole rings is 1. The number of piperidine rings is 1. The van der Waals surface area contributed by atoms with Gasteiger partial charge in [0.2, 0.25) is 0 Å². The highest BCUT2D eigenvalue weighted by Crippen LogP contribution is 2.35. The van der Waals surface area contributed by atoms with Gasteiger partial charge in [-0.3, -0.25) is 10.00 Å². The SMILES string of the molecule is CCn1ccnc1C1CCCCN1C(=O)Nc1c(C)c(C(F)(F)F)nn1C. The first kappa shape index (κ1) is 19.2. The fourth-order valence-electron chi connectivity index (χ4n) is 3.58. The smallest absolute Gasteiger partial charge is 0.333 e. The maximum Gasteiger partial charge on any atom is 0.435 e. The van der Waals surface area contributed by atoms with Gasteiger partial charge in [0.15, 0.2) is 5.69 Å². The lowest BCUT2D eigenvalue weighted by atomic mass is 10.0. The van der Waals surface area contributed by atoms with Gasteiger partial charge in [0.05, 0.1) is 6.04 Å². The number of alkyl halides is 3. The predicted octanol–water partition coefficient (Wildman–Crippen LogP) is 3.72. The van der Waals surface area contributed by atoms with E-state index in [0.717, 1.165) is 36.3 Å². The van der Waals surface area contributed by atoms with Crippen molar-refractivity contribution in [1.29, 1.82) is 0 Å². The van der Waals surface area contributed by atoms with Crippen molar-refractivity contribution >= 4 is 11.8 Å². The zero-order valence-corrected chi connectivity index (χ0v) is 15.5. The Morgan fingerprint density at radius 1 is 1.37 bits per heavy atom. The number of nitrogens with one attached hydrogen (secondary N) is 1. The normalized spacial score (nSPS) is 18.0. The highest BCUT2D eigenvalue weighted by molar-refractivity contribution is 5.89. The van der Waals surface area contributed by atoms with Crippen LogP contribution in [0.3, 0.4) is 0 Å². The summed E-state index contributed by atoms with van der Waals surface area (Å²) in [6, 6.07) is -0.644. The first-order valence-electron chi connectivity index (χ1n) is 8.93. The molecule has 3 heterocycles. The van der Waals surface area contributed by atoms with Crippen molar-refractivity contribution in [3.05, 3.63) is 29.5 Å². The summed E-state index contributed by atoms with van der Waals surface area (Å²) in [6.07, 6.45) is 1.57. The van der Waals surface area contributed by atoms with Crippen molar-refractivity contribution in [2.45, 2.75) is 51.9 Å². The highest BCUT2D eigenvalue weighted by atomic mass is 19.4. The Labute approximate surface area is 155 Å². The van der Waals surface area contributed by atoms with E-state index in [9.17, 15) is 18.0 Å². The number of hydrogen-bond acceptors (Lipinski definition) is 3. The van der Waals surface area contributed by atoms with Crippen LogP contribution in [0.25, 0.3) is 0 Å². The minimum Gasteiger partial charge on any atom is -0.333 e. The summed E-state index contributed by atoms with van der Waals surface area (Å²) in [7, 11) is 1.38. The first-order chi connectivity index (χ1) is 12.7. The van der Waals surface area contributed by atoms with E-state index < -0.39 is 17.9 Å². The molecular weight excluding hydrogens is 361 g/mol. The minimum atomic E-state index is -4.57. The van der Waals surface area contributed by atoms with Gasteiger partial charge in [-0.2, -0.15) is 18.3 Å². The monoisotopic (exact) mass is 384 g/mol. The van der Waals surface area contributed by atoms with E-state index in [2.05, 4.69) is 15.4 Å². The molecule has 0 spiro atoms. The van der Waals surface area contributed by atoms with Crippen LogP contribution in [0.15, 0.2) is 12.4 Å². The van der Waals surface area contributed by atoms with Gasteiger partial charge in [0.1, 0.15) is 11.6 Å². The third-order valence-electron chi connectivity index (χ3n) is 4.93. The molecule has 1 fully saturated rings. The second kappa shape index (κ2) is 7.24. The quantitative estimate of drug-likeness (QED) is 0.877. The van der Waals surface area contributed by atoms with E-state index in [1.54, 1.807) is 11.1 Å². The number of anilines is 1. The molecule has 0 saturated carbocycles. The van der Waals surface area contributed by atoms with Crippen LogP contribution in [0.5, 0.6) is 0 Å².